The first-order valence-electron chi connectivity index (χ1n) is 6.40. The lowest BCUT2D eigenvalue weighted by Crippen LogP contribution is -2.34. The number of H-pyrrole nitrogens is 1. The predicted octanol–water partition coefficient (Wildman–Crippen LogP) is 0.536. The number of nitrogen functional groups attached to an aromatic ring is 1. The number of nitrogens with two attached hydrogens (primary N) is 1. The minimum Gasteiger partial charge on any atom is -0.383 e. The van der Waals surface area contributed by atoms with Crippen LogP contribution < -0.4 is 22.3 Å². The molecule has 0 spiro atoms. The molecular formula is C13H17N5O2. The first-order chi connectivity index (χ1) is 9.63. The van der Waals surface area contributed by atoms with Gasteiger partial charge in [0.1, 0.15) is 11.5 Å². The maximum atomic E-state index is 11.8. The molecule has 0 aliphatic carbocycles. The third kappa shape index (κ3) is 2.87. The van der Waals surface area contributed by atoms with Crippen molar-refractivity contribution in [2.45, 2.75) is 26.4 Å². The van der Waals surface area contributed by atoms with Crippen molar-refractivity contribution in [1.29, 1.82) is 0 Å². The predicted molar refractivity (Wildman–Crippen MR) is 77.6 cm³/mol. The fraction of sp³-hybridized carbons (Fsp3) is 0.308. The van der Waals surface area contributed by atoms with E-state index in [1.807, 2.05) is 25.1 Å². The first kappa shape index (κ1) is 13.9. The van der Waals surface area contributed by atoms with E-state index in [9.17, 15) is 9.59 Å². The van der Waals surface area contributed by atoms with Crippen molar-refractivity contribution in [2.24, 2.45) is 0 Å². The smallest absolute Gasteiger partial charge is 0.330 e. The summed E-state index contributed by atoms with van der Waals surface area (Å²) in [5.74, 6) is 0.150. The average molecular weight is 275 g/mol. The molecule has 0 radical (unpaired) electrons. The van der Waals surface area contributed by atoms with E-state index in [1.54, 1.807) is 6.20 Å². The van der Waals surface area contributed by atoms with Crippen LogP contribution in [0.25, 0.3) is 0 Å². The van der Waals surface area contributed by atoms with Gasteiger partial charge >= 0.3 is 5.69 Å². The second-order valence-corrected chi connectivity index (χ2v) is 4.35. The van der Waals surface area contributed by atoms with E-state index in [-0.39, 0.29) is 11.5 Å². The standard InChI is InChI=1S/C13H17N5O2/c1-2-7-18-11(14)10(12(19)17-13(18)20)16-8-9-5-3-4-6-15-9/h3-6,16H,2,7-8,14H2,1H3,(H,17,19,20). The van der Waals surface area contributed by atoms with Gasteiger partial charge in [0.05, 0.1) is 12.2 Å². The van der Waals surface area contributed by atoms with Crippen LogP contribution in [0.15, 0.2) is 34.0 Å². The number of nitrogens with zero attached hydrogens (tertiary/aromatic N) is 2. The number of pyridine rings is 1. The average Bonchev–Trinajstić information content (AvgIpc) is 2.44. The molecule has 2 aromatic heterocycles. The van der Waals surface area contributed by atoms with Gasteiger partial charge in [-0.2, -0.15) is 0 Å². The van der Waals surface area contributed by atoms with Crippen molar-refractivity contribution < 1.29 is 0 Å². The monoisotopic (exact) mass is 275 g/mol. The minimum atomic E-state index is -0.518. The van der Waals surface area contributed by atoms with Gasteiger partial charge in [0.15, 0.2) is 0 Å². The van der Waals surface area contributed by atoms with Gasteiger partial charge in [-0.25, -0.2) is 4.79 Å². The molecule has 7 nitrogen and oxygen atoms in total. The molecule has 106 valence electrons. The van der Waals surface area contributed by atoms with Gasteiger partial charge in [0.2, 0.25) is 0 Å². The molecule has 0 unspecified atom stereocenters. The van der Waals surface area contributed by atoms with Crippen LogP contribution in [0.4, 0.5) is 11.5 Å². The van der Waals surface area contributed by atoms with Crippen molar-refractivity contribution in [1.82, 2.24) is 14.5 Å². The zero-order valence-corrected chi connectivity index (χ0v) is 11.2. The van der Waals surface area contributed by atoms with Gasteiger partial charge in [-0.05, 0) is 18.6 Å². The number of nitrogens with one attached hydrogen (secondary N) is 2. The number of rotatable bonds is 5. The van der Waals surface area contributed by atoms with E-state index in [2.05, 4.69) is 15.3 Å². The summed E-state index contributed by atoms with van der Waals surface area (Å²) < 4.78 is 1.35. The Labute approximate surface area is 115 Å². The number of anilines is 2. The molecule has 0 saturated carbocycles. The normalized spacial score (nSPS) is 10.4. The molecular weight excluding hydrogens is 258 g/mol. The van der Waals surface area contributed by atoms with E-state index in [4.69, 9.17) is 5.73 Å². The Kier molecular flexibility index (Phi) is 4.19. The maximum absolute atomic E-state index is 11.8. The summed E-state index contributed by atoms with van der Waals surface area (Å²) in [5.41, 5.74) is 5.86. The fourth-order valence-electron chi connectivity index (χ4n) is 1.89. The number of aromatic amines is 1. The summed E-state index contributed by atoms with van der Waals surface area (Å²) in [6.07, 6.45) is 2.42. The van der Waals surface area contributed by atoms with E-state index in [0.29, 0.717) is 13.1 Å². The lowest BCUT2D eigenvalue weighted by molar-refractivity contribution is 0.642. The first-order valence-corrected chi connectivity index (χ1v) is 6.40. The molecule has 0 atom stereocenters. The lowest BCUT2D eigenvalue weighted by Gasteiger charge is -2.12. The van der Waals surface area contributed by atoms with Crippen LogP contribution >= 0.6 is 0 Å². The summed E-state index contributed by atoms with van der Waals surface area (Å²) in [5, 5.41) is 2.93. The third-order valence-corrected chi connectivity index (χ3v) is 2.86. The van der Waals surface area contributed by atoms with Gasteiger partial charge in [0.25, 0.3) is 5.56 Å². The van der Waals surface area contributed by atoms with Crippen LogP contribution in [0.2, 0.25) is 0 Å². The Hall–Kier alpha value is -2.57. The molecule has 0 saturated heterocycles. The van der Waals surface area contributed by atoms with Crippen LogP contribution in [0.5, 0.6) is 0 Å². The SMILES string of the molecule is CCCn1c(N)c(NCc2ccccn2)c(=O)[nH]c1=O. The number of aromatic nitrogens is 3. The highest BCUT2D eigenvalue weighted by Crippen LogP contribution is 2.11. The molecule has 2 heterocycles. The van der Waals surface area contributed by atoms with Crippen molar-refractivity contribution in [3.8, 4) is 0 Å². The molecule has 0 amide bonds. The van der Waals surface area contributed by atoms with Crippen molar-refractivity contribution in [3.05, 3.63) is 50.9 Å². The Bertz CT molecular complexity index is 690. The quantitative estimate of drug-likeness (QED) is 0.738. The molecule has 0 bridgehead atoms. The Balaban J connectivity index is 2.30. The van der Waals surface area contributed by atoms with Gasteiger partial charge in [0, 0.05) is 12.7 Å². The van der Waals surface area contributed by atoms with E-state index < -0.39 is 11.2 Å². The van der Waals surface area contributed by atoms with Crippen LogP contribution in [0.1, 0.15) is 19.0 Å². The molecule has 0 aliphatic heterocycles. The summed E-state index contributed by atoms with van der Waals surface area (Å²) >= 11 is 0. The topological polar surface area (TPSA) is 106 Å². The zero-order valence-electron chi connectivity index (χ0n) is 11.2. The lowest BCUT2D eigenvalue weighted by atomic mass is 10.3. The Morgan fingerprint density at radius 1 is 1.40 bits per heavy atom. The van der Waals surface area contributed by atoms with Crippen LogP contribution in [0, 0.1) is 0 Å². The van der Waals surface area contributed by atoms with E-state index in [0.717, 1.165) is 12.1 Å². The van der Waals surface area contributed by atoms with Crippen molar-refractivity contribution in [3.63, 3.8) is 0 Å². The molecule has 7 heteroatoms. The number of hydrogen-bond donors (Lipinski definition) is 3. The fourth-order valence-corrected chi connectivity index (χ4v) is 1.89. The van der Waals surface area contributed by atoms with E-state index in [1.165, 1.54) is 4.57 Å². The third-order valence-electron chi connectivity index (χ3n) is 2.86. The van der Waals surface area contributed by atoms with Crippen LogP contribution in [-0.4, -0.2) is 14.5 Å². The van der Waals surface area contributed by atoms with Gasteiger partial charge in [-0.3, -0.25) is 19.3 Å². The van der Waals surface area contributed by atoms with Gasteiger partial charge in [-0.15, -0.1) is 0 Å². The van der Waals surface area contributed by atoms with Gasteiger partial charge < -0.3 is 11.1 Å². The van der Waals surface area contributed by atoms with Crippen molar-refractivity contribution in [2.75, 3.05) is 11.1 Å². The van der Waals surface area contributed by atoms with Crippen LogP contribution in [-0.2, 0) is 13.1 Å². The molecule has 4 N–H and O–H groups in total. The molecule has 0 aliphatic rings. The van der Waals surface area contributed by atoms with Crippen molar-refractivity contribution >= 4 is 11.5 Å². The second kappa shape index (κ2) is 6.05. The number of hydrogen-bond acceptors (Lipinski definition) is 5. The summed E-state index contributed by atoms with van der Waals surface area (Å²) in [6.45, 7) is 2.75. The molecule has 0 aromatic carbocycles. The summed E-state index contributed by atoms with van der Waals surface area (Å²) in [4.78, 5) is 29.9. The minimum absolute atomic E-state index is 0.150. The zero-order chi connectivity index (χ0) is 14.5. The Morgan fingerprint density at radius 2 is 2.20 bits per heavy atom. The van der Waals surface area contributed by atoms with Gasteiger partial charge in [-0.1, -0.05) is 13.0 Å². The molecule has 0 fully saturated rings. The second-order valence-electron chi connectivity index (χ2n) is 4.35. The highest BCUT2D eigenvalue weighted by molar-refractivity contribution is 5.60. The summed E-state index contributed by atoms with van der Waals surface area (Å²) in [7, 11) is 0. The maximum Gasteiger partial charge on any atom is 0.330 e. The Morgan fingerprint density at radius 3 is 2.85 bits per heavy atom. The summed E-state index contributed by atoms with van der Waals surface area (Å²) in [6, 6.07) is 5.50. The highest BCUT2D eigenvalue weighted by Gasteiger charge is 2.11. The van der Waals surface area contributed by atoms with Crippen LogP contribution in [0.3, 0.4) is 0 Å². The molecule has 2 aromatic rings. The highest BCUT2D eigenvalue weighted by atomic mass is 16.2. The van der Waals surface area contributed by atoms with E-state index >= 15 is 0 Å². The largest absolute Gasteiger partial charge is 0.383 e. The molecule has 2 rings (SSSR count). The molecule has 20 heavy (non-hydrogen) atoms.